The predicted octanol–water partition coefficient (Wildman–Crippen LogP) is 6.31. The molecule has 4 rings (SSSR count). The number of carbonyl (C=O) groups excluding carboxylic acids is 1. The van der Waals surface area contributed by atoms with Crippen molar-refractivity contribution in [3.63, 3.8) is 0 Å². The summed E-state index contributed by atoms with van der Waals surface area (Å²) in [6.07, 6.45) is -0.540. The first-order valence-corrected chi connectivity index (χ1v) is 15.1. The number of rotatable bonds is 4. The molecule has 0 radical (unpaired) electrons. The Labute approximate surface area is 207 Å². The molecule has 1 aliphatic carbocycles. The number of carboxylic acid groups (broad SMARTS) is 1. The molecule has 1 N–H and O–H groups in total. The fourth-order valence-electron chi connectivity index (χ4n) is 4.39. The van der Waals surface area contributed by atoms with E-state index in [9.17, 15) is 14.7 Å². The number of benzene rings is 3. The van der Waals surface area contributed by atoms with E-state index in [-0.39, 0.29) is 18.1 Å². The largest absolute Gasteiger partial charge is 0.478 e. The molecule has 0 aliphatic heterocycles. The lowest BCUT2D eigenvalue weighted by molar-refractivity contribution is 0.0696. The monoisotopic (exact) mass is 483 g/mol. The quantitative estimate of drug-likeness (QED) is 0.349. The molecule has 3 aromatic rings. The summed E-state index contributed by atoms with van der Waals surface area (Å²) in [6.45, 7) is 8.25. The number of amides is 1. The van der Waals surface area contributed by atoms with Gasteiger partial charge in [0.1, 0.15) is 14.7 Å². The van der Waals surface area contributed by atoms with E-state index in [1.807, 2.05) is 24.3 Å². The van der Waals surface area contributed by atoms with Crippen molar-refractivity contribution in [2.24, 2.45) is 0 Å². The lowest BCUT2D eigenvalue weighted by Crippen LogP contribution is -2.29. The molecule has 1 amide bonds. The number of hydrogen-bond donors (Lipinski definition) is 1. The average molecular weight is 484 g/mol. The van der Waals surface area contributed by atoms with Crippen molar-refractivity contribution < 1.29 is 19.4 Å². The average Bonchev–Trinajstić information content (AvgIpc) is 3.14. The first kappa shape index (κ1) is 24.3. The van der Waals surface area contributed by atoms with Crippen LogP contribution in [0.4, 0.5) is 10.5 Å². The molecule has 0 aromatic heterocycles. The SMILES string of the molecule is Cc1c(C(=O)O)cc(C#C[Si](C)(C)C)cc1N(C)C(=O)OCC1c2ccccc2-c2ccccc21. The Morgan fingerprint density at radius 1 is 1.00 bits per heavy atom. The molecule has 3 aromatic carbocycles. The maximum atomic E-state index is 13.1. The first-order chi connectivity index (χ1) is 16.6. The molecule has 5 nitrogen and oxygen atoms in total. The van der Waals surface area contributed by atoms with Gasteiger partial charge in [0.2, 0.25) is 0 Å². The highest BCUT2D eigenvalue weighted by Crippen LogP contribution is 2.44. The number of carboxylic acids is 1. The van der Waals surface area contributed by atoms with Gasteiger partial charge in [0.25, 0.3) is 0 Å². The molecule has 0 saturated heterocycles. The number of aromatic carboxylic acids is 1. The van der Waals surface area contributed by atoms with Gasteiger partial charge in [-0.05, 0) is 46.9 Å². The van der Waals surface area contributed by atoms with Crippen LogP contribution in [0.5, 0.6) is 0 Å². The van der Waals surface area contributed by atoms with Gasteiger partial charge in [-0.25, -0.2) is 9.59 Å². The van der Waals surface area contributed by atoms with Gasteiger partial charge in [0.05, 0.1) is 11.3 Å². The van der Waals surface area contributed by atoms with Gasteiger partial charge in [-0.1, -0.05) is 74.1 Å². The Morgan fingerprint density at radius 2 is 1.57 bits per heavy atom. The van der Waals surface area contributed by atoms with E-state index in [0.29, 0.717) is 16.8 Å². The van der Waals surface area contributed by atoms with Crippen molar-refractivity contribution in [3.8, 4) is 22.6 Å². The second-order valence-electron chi connectivity index (χ2n) is 9.84. The zero-order valence-electron chi connectivity index (χ0n) is 20.7. The van der Waals surface area contributed by atoms with E-state index < -0.39 is 20.1 Å². The van der Waals surface area contributed by atoms with E-state index >= 15 is 0 Å². The normalized spacial score (nSPS) is 12.3. The van der Waals surface area contributed by atoms with Crippen molar-refractivity contribution in [1.29, 1.82) is 0 Å². The summed E-state index contributed by atoms with van der Waals surface area (Å²) >= 11 is 0. The zero-order valence-corrected chi connectivity index (χ0v) is 21.7. The zero-order chi connectivity index (χ0) is 25.3. The Hall–Kier alpha value is -3.82. The molecule has 0 fully saturated rings. The first-order valence-electron chi connectivity index (χ1n) is 11.6. The van der Waals surface area contributed by atoms with Crippen LogP contribution in [0.15, 0.2) is 60.7 Å². The standard InChI is InChI=1S/C29H29NO4Si/c1-19-25(28(31)32)16-20(14-15-35(3,4)5)17-27(19)30(2)29(33)34-18-26-23-12-8-6-10-21(23)22-11-7-9-13-24(22)26/h6-13,16-17,26H,18H2,1-5H3,(H,31,32). The van der Waals surface area contributed by atoms with Crippen LogP contribution < -0.4 is 4.90 Å². The Morgan fingerprint density at radius 3 is 2.11 bits per heavy atom. The molecule has 0 heterocycles. The smallest absolute Gasteiger partial charge is 0.414 e. The number of hydrogen-bond acceptors (Lipinski definition) is 3. The Kier molecular flexibility index (Phi) is 6.55. The second kappa shape index (κ2) is 9.44. The van der Waals surface area contributed by atoms with Crippen LogP contribution in [0.1, 0.15) is 38.5 Å². The minimum absolute atomic E-state index is 0.0515. The fraction of sp³-hybridized carbons (Fsp3) is 0.241. The van der Waals surface area contributed by atoms with Crippen LogP contribution in [0, 0.1) is 18.4 Å². The molecule has 35 heavy (non-hydrogen) atoms. The summed E-state index contributed by atoms with van der Waals surface area (Å²) in [5.74, 6) is 2.00. The van der Waals surface area contributed by atoms with Gasteiger partial charge in [0.15, 0.2) is 0 Å². The van der Waals surface area contributed by atoms with Crippen LogP contribution in [0.2, 0.25) is 19.6 Å². The summed E-state index contributed by atoms with van der Waals surface area (Å²) in [4.78, 5) is 26.4. The molecule has 0 saturated carbocycles. The minimum Gasteiger partial charge on any atom is -0.478 e. The Balaban J connectivity index is 1.60. The number of fused-ring (bicyclic) bond motifs is 3. The summed E-state index contributed by atoms with van der Waals surface area (Å²) < 4.78 is 5.78. The van der Waals surface area contributed by atoms with Crippen LogP contribution in [0.25, 0.3) is 11.1 Å². The molecule has 0 unspecified atom stereocenters. The van der Waals surface area contributed by atoms with Gasteiger partial charge in [0, 0.05) is 18.5 Å². The molecular weight excluding hydrogens is 454 g/mol. The summed E-state index contributed by atoms with van der Waals surface area (Å²) in [5, 5.41) is 9.72. The maximum Gasteiger partial charge on any atom is 0.414 e. The molecule has 1 aliphatic rings. The Bertz CT molecular complexity index is 1330. The third-order valence-corrected chi connectivity index (χ3v) is 7.04. The lowest BCUT2D eigenvalue weighted by Gasteiger charge is -2.22. The van der Waals surface area contributed by atoms with Gasteiger partial charge in [-0.3, -0.25) is 4.90 Å². The van der Waals surface area contributed by atoms with Crippen molar-refractivity contribution in [2.45, 2.75) is 32.5 Å². The molecule has 178 valence electrons. The molecule has 0 atom stereocenters. The summed E-state index contributed by atoms with van der Waals surface area (Å²) in [7, 11) is -0.0645. The van der Waals surface area contributed by atoms with Crippen LogP contribution in [-0.2, 0) is 4.74 Å². The van der Waals surface area contributed by atoms with Crippen molar-refractivity contribution in [1.82, 2.24) is 0 Å². The van der Waals surface area contributed by atoms with Crippen LogP contribution in [0.3, 0.4) is 0 Å². The van der Waals surface area contributed by atoms with E-state index in [1.54, 1.807) is 26.1 Å². The van der Waals surface area contributed by atoms with Crippen LogP contribution >= 0.6 is 0 Å². The van der Waals surface area contributed by atoms with E-state index in [0.717, 1.165) is 22.3 Å². The summed E-state index contributed by atoms with van der Waals surface area (Å²) in [6, 6.07) is 19.7. The van der Waals surface area contributed by atoms with Gasteiger partial charge in [-0.15, -0.1) is 5.54 Å². The minimum atomic E-state index is -1.66. The fourth-order valence-corrected chi connectivity index (χ4v) is 4.91. The van der Waals surface area contributed by atoms with Gasteiger partial charge in [-0.2, -0.15) is 0 Å². The number of carbonyl (C=O) groups is 2. The highest BCUT2D eigenvalue weighted by molar-refractivity contribution is 6.83. The van der Waals surface area contributed by atoms with E-state index in [2.05, 4.69) is 55.4 Å². The van der Waals surface area contributed by atoms with Crippen molar-refractivity contribution >= 4 is 25.8 Å². The molecule has 0 spiro atoms. The van der Waals surface area contributed by atoms with E-state index in [1.165, 1.54) is 4.90 Å². The highest BCUT2D eigenvalue weighted by atomic mass is 28.3. The van der Waals surface area contributed by atoms with Crippen molar-refractivity contribution in [3.05, 3.63) is 88.5 Å². The molecule has 6 heteroatoms. The predicted molar refractivity (Wildman–Crippen MR) is 142 cm³/mol. The highest BCUT2D eigenvalue weighted by Gasteiger charge is 2.30. The third kappa shape index (κ3) is 5.01. The third-order valence-electron chi connectivity index (χ3n) is 6.16. The van der Waals surface area contributed by atoms with Gasteiger partial charge < -0.3 is 9.84 Å². The summed E-state index contributed by atoms with van der Waals surface area (Å²) in [5.41, 5.74) is 9.52. The second-order valence-corrected chi connectivity index (χ2v) is 14.6. The number of ether oxygens (including phenoxy) is 1. The molecule has 0 bridgehead atoms. The number of nitrogens with zero attached hydrogens (tertiary/aromatic N) is 1. The molecular formula is C29H29NO4Si. The van der Waals surface area contributed by atoms with E-state index in [4.69, 9.17) is 4.74 Å². The number of anilines is 1. The lowest BCUT2D eigenvalue weighted by atomic mass is 9.98. The van der Waals surface area contributed by atoms with Crippen molar-refractivity contribution in [2.75, 3.05) is 18.6 Å². The topological polar surface area (TPSA) is 66.8 Å². The maximum absolute atomic E-state index is 13.1. The van der Waals surface area contributed by atoms with Gasteiger partial charge >= 0.3 is 12.1 Å². The van der Waals surface area contributed by atoms with Crippen LogP contribution in [-0.4, -0.2) is 38.9 Å².